The van der Waals surface area contributed by atoms with E-state index >= 15 is 0 Å². The van der Waals surface area contributed by atoms with E-state index in [9.17, 15) is 0 Å². The molecule has 1 N–H and O–H groups in total. The Morgan fingerprint density at radius 2 is 1.56 bits per heavy atom. The molecule has 1 aliphatic heterocycles. The molecule has 1 heterocycles. The lowest BCUT2D eigenvalue weighted by atomic mass is 9.75. The molecule has 1 fully saturated rings. The lowest BCUT2D eigenvalue weighted by Gasteiger charge is -2.46. The summed E-state index contributed by atoms with van der Waals surface area (Å²) in [5.41, 5.74) is 1.26. The molecule has 0 amide bonds. The van der Waals surface area contributed by atoms with Crippen LogP contribution in [0.5, 0.6) is 17.2 Å². The van der Waals surface area contributed by atoms with Crippen LogP contribution >= 0.6 is 0 Å². The summed E-state index contributed by atoms with van der Waals surface area (Å²) in [5, 5.41) is 3.42. The van der Waals surface area contributed by atoms with Crippen molar-refractivity contribution in [2.75, 3.05) is 27.9 Å². The van der Waals surface area contributed by atoms with Gasteiger partial charge >= 0.3 is 0 Å². The third kappa shape index (κ3) is 2.01. The van der Waals surface area contributed by atoms with Crippen molar-refractivity contribution in [3.05, 3.63) is 17.7 Å². The zero-order chi connectivity index (χ0) is 13.3. The van der Waals surface area contributed by atoms with Gasteiger partial charge in [0.25, 0.3) is 0 Å². The van der Waals surface area contributed by atoms with Crippen LogP contribution in [0.1, 0.15) is 25.3 Å². The van der Waals surface area contributed by atoms with Gasteiger partial charge in [0.1, 0.15) is 5.75 Å². The lowest BCUT2D eigenvalue weighted by molar-refractivity contribution is 0.203. The topological polar surface area (TPSA) is 39.7 Å². The minimum atomic E-state index is 0.0902. The molecule has 1 saturated heterocycles. The summed E-state index contributed by atoms with van der Waals surface area (Å²) in [6, 6.07) is 3.91. The summed E-state index contributed by atoms with van der Waals surface area (Å²) in [5.74, 6) is 2.72. The lowest BCUT2D eigenvalue weighted by Crippen LogP contribution is -2.59. The van der Waals surface area contributed by atoms with Gasteiger partial charge in [0.2, 0.25) is 0 Å². The van der Waals surface area contributed by atoms with Gasteiger partial charge in [-0.2, -0.15) is 0 Å². The minimum absolute atomic E-state index is 0.0902. The van der Waals surface area contributed by atoms with E-state index in [1.54, 1.807) is 21.3 Å². The fourth-order valence-electron chi connectivity index (χ4n) is 2.44. The van der Waals surface area contributed by atoms with Crippen LogP contribution in [0.3, 0.4) is 0 Å². The van der Waals surface area contributed by atoms with Gasteiger partial charge in [0.05, 0.1) is 21.3 Å². The molecule has 1 aromatic rings. The first-order valence-corrected chi connectivity index (χ1v) is 6.08. The molecule has 0 radical (unpaired) electrons. The van der Waals surface area contributed by atoms with Gasteiger partial charge in [-0.1, -0.05) is 0 Å². The summed E-state index contributed by atoms with van der Waals surface area (Å²) in [7, 11) is 4.97. The molecule has 0 saturated carbocycles. The van der Waals surface area contributed by atoms with Crippen LogP contribution < -0.4 is 19.5 Å². The molecular formula is C14H21NO3. The summed E-state index contributed by atoms with van der Waals surface area (Å²) < 4.78 is 16.1. The highest BCUT2D eigenvalue weighted by molar-refractivity contribution is 5.53. The highest BCUT2D eigenvalue weighted by Crippen LogP contribution is 2.44. The van der Waals surface area contributed by atoms with E-state index in [0.29, 0.717) is 11.7 Å². The second kappa shape index (κ2) is 4.69. The van der Waals surface area contributed by atoms with Crippen LogP contribution in [0.25, 0.3) is 0 Å². The maximum Gasteiger partial charge on any atom is 0.164 e. The van der Waals surface area contributed by atoms with Gasteiger partial charge < -0.3 is 19.5 Å². The fraction of sp³-hybridized carbons (Fsp3) is 0.571. The molecule has 4 nitrogen and oxygen atoms in total. The van der Waals surface area contributed by atoms with Gasteiger partial charge in [0, 0.05) is 29.6 Å². The number of benzene rings is 1. The summed E-state index contributed by atoms with van der Waals surface area (Å²) >= 11 is 0. The smallest absolute Gasteiger partial charge is 0.164 e. The Morgan fingerprint density at radius 3 is 1.94 bits per heavy atom. The first kappa shape index (κ1) is 13.0. The van der Waals surface area contributed by atoms with E-state index in [-0.39, 0.29) is 5.54 Å². The predicted octanol–water partition coefficient (Wildman–Crippen LogP) is 2.18. The van der Waals surface area contributed by atoms with Crippen LogP contribution in [0.4, 0.5) is 0 Å². The quantitative estimate of drug-likeness (QED) is 0.890. The third-order valence-corrected chi connectivity index (χ3v) is 3.74. The number of rotatable bonds is 4. The molecule has 0 spiro atoms. The molecule has 4 heteroatoms. The number of hydrogen-bond donors (Lipinski definition) is 1. The standard InChI is InChI=1S/C14H21NO3/c1-14(2)10(8-15-14)9-6-12(17-4)13(18-5)7-11(9)16-3/h6-7,10,15H,8H2,1-5H3. The second-order valence-corrected chi connectivity index (χ2v) is 5.10. The average Bonchev–Trinajstić information content (AvgIpc) is 2.37. The van der Waals surface area contributed by atoms with Gasteiger partial charge in [-0.3, -0.25) is 0 Å². The van der Waals surface area contributed by atoms with Crippen LogP contribution in [0.15, 0.2) is 12.1 Å². The van der Waals surface area contributed by atoms with Crippen molar-refractivity contribution in [3.8, 4) is 17.2 Å². The highest BCUT2D eigenvalue weighted by Gasteiger charge is 2.40. The monoisotopic (exact) mass is 251 g/mol. The molecule has 1 atom stereocenters. The molecule has 1 unspecified atom stereocenters. The van der Waals surface area contributed by atoms with E-state index < -0.39 is 0 Å². The first-order valence-electron chi connectivity index (χ1n) is 6.08. The maximum atomic E-state index is 5.47. The Balaban J connectivity index is 2.46. The van der Waals surface area contributed by atoms with Crippen LogP contribution in [-0.2, 0) is 0 Å². The van der Waals surface area contributed by atoms with E-state index in [0.717, 1.165) is 18.0 Å². The van der Waals surface area contributed by atoms with Gasteiger partial charge in [-0.15, -0.1) is 0 Å². The van der Waals surface area contributed by atoms with Crippen molar-refractivity contribution in [2.24, 2.45) is 0 Å². The van der Waals surface area contributed by atoms with E-state index in [1.165, 1.54) is 5.56 Å². The van der Waals surface area contributed by atoms with Crippen molar-refractivity contribution in [1.82, 2.24) is 5.32 Å². The van der Waals surface area contributed by atoms with Gasteiger partial charge in [0.15, 0.2) is 11.5 Å². The number of ether oxygens (including phenoxy) is 3. The van der Waals surface area contributed by atoms with Crippen molar-refractivity contribution in [2.45, 2.75) is 25.3 Å². The van der Waals surface area contributed by atoms with Crippen molar-refractivity contribution in [1.29, 1.82) is 0 Å². The number of methoxy groups -OCH3 is 3. The minimum Gasteiger partial charge on any atom is -0.496 e. The molecule has 0 aromatic heterocycles. The van der Waals surface area contributed by atoms with E-state index in [1.807, 2.05) is 12.1 Å². The number of nitrogens with one attached hydrogen (secondary N) is 1. The molecule has 0 bridgehead atoms. The first-order chi connectivity index (χ1) is 8.53. The van der Waals surface area contributed by atoms with E-state index in [4.69, 9.17) is 14.2 Å². The van der Waals surface area contributed by atoms with Crippen LogP contribution in [0.2, 0.25) is 0 Å². The molecule has 1 aliphatic rings. The zero-order valence-electron chi connectivity index (χ0n) is 11.7. The fourth-order valence-corrected chi connectivity index (χ4v) is 2.44. The van der Waals surface area contributed by atoms with E-state index in [2.05, 4.69) is 19.2 Å². The Morgan fingerprint density at radius 1 is 1.00 bits per heavy atom. The molecule has 18 heavy (non-hydrogen) atoms. The Labute approximate surface area is 108 Å². The molecule has 2 rings (SSSR count). The Kier molecular flexibility index (Phi) is 3.39. The van der Waals surface area contributed by atoms with Crippen molar-refractivity contribution >= 4 is 0 Å². The van der Waals surface area contributed by atoms with Gasteiger partial charge in [-0.25, -0.2) is 0 Å². The zero-order valence-corrected chi connectivity index (χ0v) is 11.7. The average molecular weight is 251 g/mol. The molecular weight excluding hydrogens is 230 g/mol. The largest absolute Gasteiger partial charge is 0.496 e. The van der Waals surface area contributed by atoms with Crippen molar-refractivity contribution in [3.63, 3.8) is 0 Å². The van der Waals surface area contributed by atoms with Crippen LogP contribution in [-0.4, -0.2) is 33.4 Å². The van der Waals surface area contributed by atoms with Crippen molar-refractivity contribution < 1.29 is 14.2 Å². The normalized spacial score (nSPS) is 21.1. The van der Waals surface area contributed by atoms with Crippen LogP contribution in [0, 0.1) is 0 Å². The molecule has 0 aliphatic carbocycles. The van der Waals surface area contributed by atoms with Gasteiger partial charge in [-0.05, 0) is 19.9 Å². The molecule has 1 aromatic carbocycles. The number of hydrogen-bond acceptors (Lipinski definition) is 4. The summed E-state index contributed by atoms with van der Waals surface area (Å²) in [4.78, 5) is 0. The summed E-state index contributed by atoms with van der Waals surface area (Å²) in [6.45, 7) is 5.34. The molecule has 100 valence electrons. The third-order valence-electron chi connectivity index (χ3n) is 3.74. The highest BCUT2D eigenvalue weighted by atomic mass is 16.5. The second-order valence-electron chi connectivity index (χ2n) is 5.10. The predicted molar refractivity (Wildman–Crippen MR) is 70.9 cm³/mol. The summed E-state index contributed by atoms with van der Waals surface area (Å²) in [6.07, 6.45) is 0. The SMILES string of the molecule is COc1cc(OC)c(C2CNC2(C)C)cc1OC. The Hall–Kier alpha value is -1.42. The Bertz CT molecular complexity index is 443. The maximum absolute atomic E-state index is 5.47.